The summed E-state index contributed by atoms with van der Waals surface area (Å²) in [7, 11) is 0. The summed E-state index contributed by atoms with van der Waals surface area (Å²) < 4.78 is 0. The Morgan fingerprint density at radius 3 is 1.30 bits per heavy atom. The van der Waals surface area contributed by atoms with E-state index in [0.29, 0.717) is 0 Å². The molecule has 0 saturated heterocycles. The van der Waals surface area contributed by atoms with Crippen LogP contribution in [0.2, 0.25) is 0 Å². The van der Waals surface area contributed by atoms with Crippen LogP contribution in [0.5, 0.6) is 0 Å². The summed E-state index contributed by atoms with van der Waals surface area (Å²) in [4.78, 5) is 4.79. The molecule has 11 aromatic carbocycles. The Bertz CT molecular complexity index is 3580. The second-order valence-corrected chi connectivity index (χ2v) is 17.5. The predicted molar refractivity (Wildman–Crippen MR) is 281 cm³/mol. The van der Waals surface area contributed by atoms with Crippen molar-refractivity contribution in [3.05, 3.63) is 253 Å². The first-order chi connectivity index (χ1) is 32.8. The van der Waals surface area contributed by atoms with Crippen molar-refractivity contribution >= 4 is 78.1 Å². The molecule has 310 valence electrons. The van der Waals surface area contributed by atoms with Crippen molar-refractivity contribution in [2.45, 2.75) is 12.8 Å². The summed E-state index contributed by atoms with van der Waals surface area (Å²) in [5, 5.41) is 7.58. The highest BCUT2D eigenvalue weighted by atomic mass is 15.1. The number of hydrogen-bond donors (Lipinski definition) is 0. The molecule has 13 rings (SSSR count). The van der Waals surface area contributed by atoms with E-state index in [1.807, 2.05) is 0 Å². The van der Waals surface area contributed by atoms with Crippen molar-refractivity contribution in [2.24, 2.45) is 0 Å². The van der Waals surface area contributed by atoms with Crippen molar-refractivity contribution in [3.63, 3.8) is 0 Å². The normalized spacial score (nSPS) is 12.5. The standard InChI is InChI=1S/C64H44N2/c1-5-20-46(21-6-1)65(47-22-7-2-8-23-47)50-35-37-59-60(41-50)62(45-33-32-43-18-13-14-19-44(43)40-45)58-36-34-51(66(48-24-9-3-10-25-48)49-26-11-4-12-27-49)42-61(58)64(59)57-39-38-56-53-29-16-15-28-52(53)54-30-17-31-55(57)63(54)56/h1-31,34-42H,32-33H2. The van der Waals surface area contributed by atoms with Gasteiger partial charge in [0.25, 0.3) is 0 Å². The fourth-order valence-corrected chi connectivity index (χ4v) is 11.0. The van der Waals surface area contributed by atoms with E-state index in [2.05, 4.69) is 252 Å². The molecule has 0 radical (unpaired) electrons. The third-order valence-corrected chi connectivity index (χ3v) is 13.8. The zero-order valence-corrected chi connectivity index (χ0v) is 36.4. The number of anilines is 6. The van der Waals surface area contributed by atoms with Gasteiger partial charge in [-0.3, -0.25) is 0 Å². The molecule has 0 atom stereocenters. The Morgan fingerprint density at radius 2 is 0.727 bits per heavy atom. The molecule has 0 bridgehead atoms. The summed E-state index contributed by atoms with van der Waals surface area (Å²) in [5.74, 6) is 0. The summed E-state index contributed by atoms with van der Waals surface area (Å²) in [5.41, 5.74) is 19.8. The minimum absolute atomic E-state index is 0.951. The fraction of sp³-hybridized carbons (Fsp3) is 0.0312. The molecule has 2 aliphatic carbocycles. The van der Waals surface area contributed by atoms with Crippen molar-refractivity contribution in [3.8, 4) is 33.4 Å². The third-order valence-electron chi connectivity index (χ3n) is 13.8. The molecule has 2 nitrogen and oxygen atoms in total. The molecule has 2 heteroatoms. The van der Waals surface area contributed by atoms with Gasteiger partial charge in [-0.05, 0) is 174 Å². The van der Waals surface area contributed by atoms with Gasteiger partial charge in [0.2, 0.25) is 0 Å². The van der Waals surface area contributed by atoms with E-state index in [9.17, 15) is 0 Å². The summed E-state index contributed by atoms with van der Waals surface area (Å²) >= 11 is 0. The highest BCUT2D eigenvalue weighted by Crippen LogP contribution is 2.53. The van der Waals surface area contributed by atoms with Crippen molar-refractivity contribution in [1.29, 1.82) is 0 Å². The molecule has 0 aromatic heterocycles. The SMILES string of the molecule is C1=C(c2c3cc(N(c4ccccc4)c4ccccc4)ccc3c(-c3ccc4c5c(cccc35)-c3ccccc3-4)c3cc(N(c4ccccc4)c4ccccc4)ccc23)CCc2ccccc21. The minimum Gasteiger partial charge on any atom is -0.310 e. The molecular formula is C64H44N2. The number of allylic oxidation sites excluding steroid dienone is 1. The first kappa shape index (κ1) is 38.0. The average Bonchev–Trinajstić information content (AvgIpc) is 3.72. The second kappa shape index (κ2) is 15.7. The van der Waals surface area contributed by atoms with E-state index in [0.717, 1.165) is 47.0 Å². The lowest BCUT2D eigenvalue weighted by molar-refractivity contribution is 1.00. The van der Waals surface area contributed by atoms with Gasteiger partial charge in [0.1, 0.15) is 0 Å². The lowest BCUT2D eigenvalue weighted by Gasteiger charge is -2.29. The van der Waals surface area contributed by atoms with Gasteiger partial charge in [-0.2, -0.15) is 0 Å². The summed E-state index contributed by atoms with van der Waals surface area (Å²) in [6.45, 7) is 0. The van der Waals surface area contributed by atoms with E-state index in [4.69, 9.17) is 0 Å². The zero-order chi connectivity index (χ0) is 43.6. The van der Waals surface area contributed by atoms with E-state index in [1.165, 1.54) is 88.0 Å². The Labute approximate surface area is 385 Å². The number of rotatable bonds is 8. The van der Waals surface area contributed by atoms with Crippen LogP contribution in [-0.4, -0.2) is 0 Å². The average molecular weight is 841 g/mol. The second-order valence-electron chi connectivity index (χ2n) is 17.5. The Kier molecular flexibility index (Phi) is 9.02. The molecule has 0 aliphatic heterocycles. The van der Waals surface area contributed by atoms with Gasteiger partial charge in [-0.15, -0.1) is 0 Å². The number of para-hydroxylation sites is 4. The van der Waals surface area contributed by atoms with Gasteiger partial charge in [0.15, 0.2) is 0 Å². The minimum atomic E-state index is 0.951. The van der Waals surface area contributed by atoms with E-state index in [1.54, 1.807) is 0 Å². The Balaban J connectivity index is 1.17. The molecule has 0 N–H and O–H groups in total. The number of aryl methyl sites for hydroxylation is 1. The molecule has 66 heavy (non-hydrogen) atoms. The van der Waals surface area contributed by atoms with Crippen LogP contribution in [0.25, 0.3) is 77.3 Å². The fourth-order valence-electron chi connectivity index (χ4n) is 11.0. The first-order valence-corrected chi connectivity index (χ1v) is 23.1. The molecule has 0 amide bonds. The zero-order valence-electron chi connectivity index (χ0n) is 36.4. The van der Waals surface area contributed by atoms with Crippen LogP contribution < -0.4 is 9.80 Å². The Hall–Kier alpha value is -8.46. The number of nitrogens with zero attached hydrogens (tertiary/aromatic N) is 2. The highest BCUT2D eigenvalue weighted by molar-refractivity contribution is 6.26. The smallest absolute Gasteiger partial charge is 0.0468 e. The van der Waals surface area contributed by atoms with Crippen LogP contribution in [0.1, 0.15) is 23.1 Å². The topological polar surface area (TPSA) is 6.48 Å². The molecule has 0 heterocycles. The maximum Gasteiger partial charge on any atom is 0.0468 e. The monoisotopic (exact) mass is 840 g/mol. The number of hydrogen-bond acceptors (Lipinski definition) is 2. The van der Waals surface area contributed by atoms with Crippen LogP contribution in [-0.2, 0) is 6.42 Å². The van der Waals surface area contributed by atoms with Crippen LogP contribution >= 0.6 is 0 Å². The summed E-state index contributed by atoms with van der Waals surface area (Å²) in [6, 6.07) is 87.1. The number of benzene rings is 11. The van der Waals surface area contributed by atoms with E-state index in [-0.39, 0.29) is 0 Å². The lowest BCUT2D eigenvalue weighted by atomic mass is 9.80. The van der Waals surface area contributed by atoms with Crippen LogP contribution in [0.4, 0.5) is 34.1 Å². The van der Waals surface area contributed by atoms with Crippen LogP contribution in [0, 0.1) is 0 Å². The van der Waals surface area contributed by atoms with E-state index >= 15 is 0 Å². The molecule has 0 fully saturated rings. The van der Waals surface area contributed by atoms with Gasteiger partial charge < -0.3 is 9.80 Å². The molecule has 0 saturated carbocycles. The molecule has 11 aromatic rings. The molecule has 0 spiro atoms. The first-order valence-electron chi connectivity index (χ1n) is 23.1. The van der Waals surface area contributed by atoms with Crippen LogP contribution in [0.15, 0.2) is 237 Å². The third kappa shape index (κ3) is 6.18. The molecule has 0 unspecified atom stereocenters. The molecule has 2 aliphatic rings. The maximum atomic E-state index is 2.47. The van der Waals surface area contributed by atoms with Gasteiger partial charge in [0.05, 0.1) is 0 Å². The summed E-state index contributed by atoms with van der Waals surface area (Å²) in [6.07, 6.45) is 4.42. The number of fused-ring (bicyclic) bond motifs is 6. The van der Waals surface area contributed by atoms with Gasteiger partial charge >= 0.3 is 0 Å². The van der Waals surface area contributed by atoms with Gasteiger partial charge in [0, 0.05) is 34.1 Å². The van der Waals surface area contributed by atoms with Crippen molar-refractivity contribution < 1.29 is 0 Å². The lowest BCUT2D eigenvalue weighted by Crippen LogP contribution is -2.10. The van der Waals surface area contributed by atoms with Crippen molar-refractivity contribution in [2.75, 3.05) is 9.80 Å². The Morgan fingerprint density at radius 1 is 0.273 bits per heavy atom. The van der Waals surface area contributed by atoms with Gasteiger partial charge in [-0.1, -0.05) is 170 Å². The van der Waals surface area contributed by atoms with Crippen LogP contribution in [0.3, 0.4) is 0 Å². The van der Waals surface area contributed by atoms with Crippen molar-refractivity contribution in [1.82, 2.24) is 0 Å². The highest BCUT2D eigenvalue weighted by Gasteiger charge is 2.27. The largest absolute Gasteiger partial charge is 0.310 e. The van der Waals surface area contributed by atoms with Gasteiger partial charge in [-0.25, -0.2) is 0 Å². The van der Waals surface area contributed by atoms with E-state index < -0.39 is 0 Å². The quantitative estimate of drug-likeness (QED) is 0.141. The predicted octanol–water partition coefficient (Wildman–Crippen LogP) is 17.9. The molecular weight excluding hydrogens is 797 g/mol. The maximum absolute atomic E-state index is 2.47.